The summed E-state index contributed by atoms with van der Waals surface area (Å²) in [5.41, 5.74) is 3.72. The van der Waals surface area contributed by atoms with Crippen LogP contribution in [0.3, 0.4) is 0 Å². The van der Waals surface area contributed by atoms with E-state index in [2.05, 4.69) is 20.8 Å². The van der Waals surface area contributed by atoms with Gasteiger partial charge in [0.15, 0.2) is 5.72 Å². The summed E-state index contributed by atoms with van der Waals surface area (Å²) in [5, 5.41) is 15.7. The van der Waals surface area contributed by atoms with E-state index >= 15 is 0 Å². The van der Waals surface area contributed by atoms with Crippen molar-refractivity contribution in [2.45, 2.75) is 37.5 Å². The van der Waals surface area contributed by atoms with E-state index in [9.17, 15) is 14.4 Å². The molecule has 0 saturated carbocycles. The molecule has 0 bridgehead atoms. The lowest BCUT2D eigenvalue weighted by atomic mass is 10.0. The van der Waals surface area contributed by atoms with Crippen LogP contribution < -0.4 is 10.9 Å². The number of anilines is 1. The van der Waals surface area contributed by atoms with E-state index in [1.165, 1.54) is 17.1 Å². The molecular weight excluding hydrogens is 574 g/mol. The van der Waals surface area contributed by atoms with E-state index < -0.39 is 11.8 Å². The van der Waals surface area contributed by atoms with Crippen LogP contribution in [0.4, 0.5) is 5.69 Å². The minimum atomic E-state index is -0.733. The number of fused-ring (bicyclic) bond motifs is 5. The molecule has 8 rings (SSSR count). The number of nitrogens with zero attached hydrogens (tertiary/aromatic N) is 6. The predicted octanol–water partition coefficient (Wildman–Crippen LogP) is 3.86. The SMILES string of the molecule is O=C1OC2(CCOCC2)n2c1cc1cc(NC(=O)[C@@H]3CCc4cc(-c5cc(Cl)ccc5-n5cnnn5)cc(=O)n43)ccc12. The number of hydrogen-bond acceptors (Lipinski definition) is 8. The van der Waals surface area contributed by atoms with Gasteiger partial charge < -0.3 is 19.4 Å². The highest BCUT2D eigenvalue weighted by atomic mass is 35.5. The molecule has 1 spiro atoms. The van der Waals surface area contributed by atoms with Gasteiger partial charge in [-0.3, -0.25) is 14.2 Å². The zero-order valence-corrected chi connectivity index (χ0v) is 23.5. The maximum absolute atomic E-state index is 13.5. The van der Waals surface area contributed by atoms with Crippen LogP contribution in [-0.4, -0.2) is 54.4 Å². The molecule has 2 aromatic carbocycles. The lowest BCUT2D eigenvalue weighted by molar-refractivity contribution is -0.119. The van der Waals surface area contributed by atoms with Gasteiger partial charge in [0.1, 0.15) is 18.1 Å². The van der Waals surface area contributed by atoms with Gasteiger partial charge >= 0.3 is 5.97 Å². The predicted molar refractivity (Wildman–Crippen MR) is 155 cm³/mol. The Kier molecular flexibility index (Phi) is 5.78. The van der Waals surface area contributed by atoms with Gasteiger partial charge in [-0.2, -0.15) is 4.68 Å². The number of aryl methyl sites for hydroxylation is 1. The lowest BCUT2D eigenvalue weighted by Crippen LogP contribution is -2.38. The van der Waals surface area contributed by atoms with Crippen molar-refractivity contribution in [1.82, 2.24) is 29.3 Å². The molecule has 43 heavy (non-hydrogen) atoms. The number of ether oxygens (including phenoxy) is 2. The second-order valence-electron chi connectivity index (χ2n) is 11.0. The number of pyridine rings is 1. The fourth-order valence-corrected chi connectivity index (χ4v) is 6.78. The number of esters is 1. The average molecular weight is 598 g/mol. The van der Waals surface area contributed by atoms with Crippen LogP contribution in [0, 0.1) is 0 Å². The van der Waals surface area contributed by atoms with Crippen molar-refractivity contribution in [1.29, 1.82) is 0 Å². The number of tetrazole rings is 1. The molecule has 1 saturated heterocycles. The van der Waals surface area contributed by atoms with Crippen LogP contribution in [0.1, 0.15) is 41.5 Å². The third-order valence-electron chi connectivity index (χ3n) is 8.54. The molecule has 0 radical (unpaired) electrons. The van der Waals surface area contributed by atoms with Gasteiger partial charge in [0.25, 0.3) is 5.56 Å². The molecule has 5 aromatic rings. The first-order valence-electron chi connectivity index (χ1n) is 14.0. The monoisotopic (exact) mass is 597 g/mol. The van der Waals surface area contributed by atoms with Crippen LogP contribution in [-0.2, 0) is 26.4 Å². The molecular formula is C30H24ClN7O5. The van der Waals surface area contributed by atoms with Crippen molar-refractivity contribution >= 4 is 40.1 Å². The highest BCUT2D eigenvalue weighted by molar-refractivity contribution is 6.31. The number of halogens is 1. The third-order valence-corrected chi connectivity index (χ3v) is 8.78. The first-order valence-corrected chi connectivity index (χ1v) is 14.3. The van der Waals surface area contributed by atoms with Crippen LogP contribution in [0.5, 0.6) is 0 Å². The number of aromatic nitrogens is 6. The molecule has 3 aliphatic heterocycles. The molecule has 1 fully saturated rings. The summed E-state index contributed by atoms with van der Waals surface area (Å²) in [6.07, 6.45) is 3.69. The number of nitrogens with one attached hydrogen (secondary N) is 1. The molecule has 0 aliphatic carbocycles. The summed E-state index contributed by atoms with van der Waals surface area (Å²) in [7, 11) is 0. The molecule has 13 heteroatoms. The van der Waals surface area contributed by atoms with Gasteiger partial charge in [0, 0.05) is 46.3 Å². The second kappa shape index (κ2) is 9.61. The highest BCUT2D eigenvalue weighted by Crippen LogP contribution is 2.42. The zero-order valence-electron chi connectivity index (χ0n) is 22.7. The van der Waals surface area contributed by atoms with Crippen LogP contribution in [0.25, 0.3) is 27.7 Å². The molecule has 1 N–H and O–H groups in total. The molecule has 12 nitrogen and oxygen atoms in total. The fraction of sp³-hybridized carbons (Fsp3) is 0.267. The van der Waals surface area contributed by atoms with Crippen molar-refractivity contribution in [2.24, 2.45) is 0 Å². The van der Waals surface area contributed by atoms with Gasteiger partial charge in [-0.25, -0.2) is 4.79 Å². The Morgan fingerprint density at radius 3 is 2.72 bits per heavy atom. The number of amides is 1. The zero-order chi connectivity index (χ0) is 29.3. The molecule has 3 aromatic heterocycles. The number of carbonyl (C=O) groups excluding carboxylic acids is 2. The molecule has 0 unspecified atom stereocenters. The largest absolute Gasteiger partial charge is 0.434 e. The first-order chi connectivity index (χ1) is 20.9. The summed E-state index contributed by atoms with van der Waals surface area (Å²) in [5.74, 6) is -0.634. The van der Waals surface area contributed by atoms with E-state index in [4.69, 9.17) is 21.1 Å². The summed E-state index contributed by atoms with van der Waals surface area (Å²) >= 11 is 6.30. The van der Waals surface area contributed by atoms with E-state index in [-0.39, 0.29) is 17.4 Å². The number of benzene rings is 2. The molecule has 6 heterocycles. The molecule has 3 aliphatic rings. The van der Waals surface area contributed by atoms with Gasteiger partial charge in [-0.15, -0.1) is 5.10 Å². The Hall–Kier alpha value is -4.81. The Morgan fingerprint density at radius 2 is 1.91 bits per heavy atom. The maximum Gasteiger partial charge on any atom is 0.357 e. The number of rotatable bonds is 4. The Balaban J connectivity index is 1.08. The Morgan fingerprint density at radius 1 is 1.05 bits per heavy atom. The Labute approximate surface area is 248 Å². The summed E-state index contributed by atoms with van der Waals surface area (Å²) in [4.78, 5) is 39.6. The average Bonchev–Trinajstić information content (AvgIpc) is 3.79. The van der Waals surface area contributed by atoms with Crippen LogP contribution in [0.15, 0.2) is 65.7 Å². The smallest absolute Gasteiger partial charge is 0.357 e. The minimum absolute atomic E-state index is 0.280. The van der Waals surface area contributed by atoms with Crippen molar-refractivity contribution in [3.63, 3.8) is 0 Å². The van der Waals surface area contributed by atoms with E-state index in [0.29, 0.717) is 72.1 Å². The van der Waals surface area contributed by atoms with Crippen molar-refractivity contribution in [3.05, 3.63) is 87.7 Å². The summed E-state index contributed by atoms with van der Waals surface area (Å²) < 4.78 is 16.3. The van der Waals surface area contributed by atoms with Crippen LogP contribution >= 0.6 is 11.6 Å². The van der Waals surface area contributed by atoms with Crippen molar-refractivity contribution in [2.75, 3.05) is 18.5 Å². The number of carbonyl (C=O) groups is 2. The summed E-state index contributed by atoms with van der Waals surface area (Å²) in [6.45, 7) is 1.04. The van der Waals surface area contributed by atoms with Gasteiger partial charge in [0.05, 0.1) is 24.4 Å². The summed E-state index contributed by atoms with van der Waals surface area (Å²) in [6, 6.07) is 15.4. The van der Waals surface area contributed by atoms with E-state index in [1.54, 1.807) is 28.8 Å². The van der Waals surface area contributed by atoms with Gasteiger partial charge in [-0.1, -0.05) is 11.6 Å². The van der Waals surface area contributed by atoms with E-state index in [1.807, 2.05) is 28.8 Å². The topological polar surface area (TPSA) is 135 Å². The standard InChI is InChI=1S/C30H24ClN7O5/c31-19-1-4-24(36-16-32-34-35-36)22(15-19)17-12-21-3-6-25(37(21)27(39)14-17)28(40)33-20-2-5-23-18(11-20)13-26-29(41)43-30(38(23)26)7-9-42-10-8-30/h1-2,4-5,11-16,25H,3,6-10H2,(H,33,40)/t25-/m0/s1. The Bertz CT molecular complexity index is 2010. The molecule has 1 amide bonds. The second-order valence-corrected chi connectivity index (χ2v) is 11.4. The lowest BCUT2D eigenvalue weighted by Gasteiger charge is -2.34. The van der Waals surface area contributed by atoms with Gasteiger partial charge in [-0.05, 0) is 77.4 Å². The fourth-order valence-electron chi connectivity index (χ4n) is 6.60. The highest BCUT2D eigenvalue weighted by Gasteiger charge is 2.47. The van der Waals surface area contributed by atoms with Crippen molar-refractivity contribution in [3.8, 4) is 16.8 Å². The minimum Gasteiger partial charge on any atom is -0.434 e. The number of hydrogen-bond donors (Lipinski definition) is 1. The molecule has 216 valence electrons. The molecule has 1 atom stereocenters. The quantitative estimate of drug-likeness (QED) is 0.309. The first kappa shape index (κ1) is 25.9. The van der Waals surface area contributed by atoms with E-state index in [0.717, 1.165) is 16.6 Å². The van der Waals surface area contributed by atoms with Crippen molar-refractivity contribution < 1.29 is 19.1 Å². The maximum atomic E-state index is 13.5. The third kappa shape index (κ3) is 4.08. The van der Waals surface area contributed by atoms with Gasteiger partial charge in [0.2, 0.25) is 5.91 Å². The van der Waals surface area contributed by atoms with Crippen LogP contribution in [0.2, 0.25) is 5.02 Å². The normalized spacial score (nSPS) is 18.5.